The highest BCUT2D eigenvalue weighted by molar-refractivity contribution is 5.95. The van der Waals surface area contributed by atoms with Crippen molar-refractivity contribution in [2.45, 2.75) is 33.4 Å². The molecule has 3 heterocycles. The number of aromatic hydroxyl groups is 1. The molecule has 0 saturated carbocycles. The lowest BCUT2D eigenvalue weighted by atomic mass is 10.1. The van der Waals surface area contributed by atoms with E-state index in [0.717, 1.165) is 30.2 Å². The van der Waals surface area contributed by atoms with Gasteiger partial charge in [-0.25, -0.2) is 4.98 Å². The highest BCUT2D eigenvalue weighted by Gasteiger charge is 2.36. The molecule has 1 aromatic heterocycles. The van der Waals surface area contributed by atoms with Crippen LogP contribution in [0.15, 0.2) is 18.2 Å². The minimum atomic E-state index is 0.0323. The molecule has 29 heavy (non-hydrogen) atoms. The number of ether oxygens (including phenoxy) is 1. The highest BCUT2D eigenvalue weighted by atomic mass is 16.5. The summed E-state index contributed by atoms with van der Waals surface area (Å²) in [7, 11) is 2.06. The molecule has 0 unspecified atom stereocenters. The van der Waals surface area contributed by atoms with Crippen molar-refractivity contribution in [2.24, 2.45) is 13.0 Å². The fourth-order valence-corrected chi connectivity index (χ4v) is 4.46. The molecule has 1 N–H and O–H groups in total. The number of phenols is 1. The van der Waals surface area contributed by atoms with E-state index in [4.69, 9.17) is 9.72 Å². The van der Waals surface area contributed by atoms with E-state index in [0.29, 0.717) is 31.9 Å². The van der Waals surface area contributed by atoms with Gasteiger partial charge >= 0.3 is 0 Å². The first-order valence-corrected chi connectivity index (χ1v) is 10.2. The average molecular weight is 399 g/mol. The summed E-state index contributed by atoms with van der Waals surface area (Å²) < 4.78 is 8.08. The number of phenolic OH excluding ortho intramolecular Hbond substituents is 1. The van der Waals surface area contributed by atoms with Crippen LogP contribution < -0.4 is 0 Å². The molecule has 2 bridgehead atoms. The molecule has 4 rings (SSSR count). The third-order valence-corrected chi connectivity index (χ3v) is 6.37. The topological polar surface area (TPSA) is 70.8 Å². The number of aromatic nitrogens is 2. The van der Waals surface area contributed by atoms with Crippen LogP contribution in [0.5, 0.6) is 5.75 Å². The van der Waals surface area contributed by atoms with Gasteiger partial charge in [0.2, 0.25) is 0 Å². The number of aryl methyl sites for hydroxylation is 2. The van der Waals surface area contributed by atoms with Gasteiger partial charge in [0.1, 0.15) is 11.6 Å². The van der Waals surface area contributed by atoms with Crippen LogP contribution >= 0.6 is 0 Å². The van der Waals surface area contributed by atoms with Gasteiger partial charge in [-0.3, -0.25) is 9.69 Å². The van der Waals surface area contributed by atoms with Crippen LogP contribution in [0.3, 0.4) is 0 Å². The van der Waals surface area contributed by atoms with Gasteiger partial charge in [0.15, 0.2) is 0 Å². The van der Waals surface area contributed by atoms with Crippen molar-refractivity contribution in [1.82, 2.24) is 19.4 Å². The highest BCUT2D eigenvalue weighted by Crippen LogP contribution is 2.25. The second-order valence-electron chi connectivity index (χ2n) is 8.45. The first-order valence-electron chi connectivity index (χ1n) is 10.2. The molecule has 2 saturated heterocycles. The van der Waals surface area contributed by atoms with Crippen LogP contribution in [0, 0.1) is 26.7 Å². The Bertz CT molecular complexity index is 923. The smallest absolute Gasteiger partial charge is 0.254 e. The molecule has 7 nitrogen and oxygen atoms in total. The van der Waals surface area contributed by atoms with Gasteiger partial charge in [-0.1, -0.05) is 0 Å². The third-order valence-electron chi connectivity index (χ3n) is 6.37. The standard InChI is InChI=1S/C22H30N4O3/c1-14-7-19(27)5-6-20(14)22(28)26-9-17-8-25(18(10-26)13-29-12-17)11-21-23-15(2)16(3)24(21)4/h5-7,17-18,27H,8-13H2,1-4H3/t17-,18+/m1/s1. The number of hydrogen-bond donors (Lipinski definition) is 1. The summed E-state index contributed by atoms with van der Waals surface area (Å²) in [6, 6.07) is 5.09. The zero-order valence-corrected chi connectivity index (χ0v) is 17.7. The Balaban J connectivity index is 1.56. The molecule has 1 aromatic carbocycles. The number of carbonyl (C=O) groups is 1. The van der Waals surface area contributed by atoms with Crippen molar-refractivity contribution in [3.8, 4) is 5.75 Å². The van der Waals surface area contributed by atoms with Crippen molar-refractivity contribution >= 4 is 5.91 Å². The van der Waals surface area contributed by atoms with Gasteiger partial charge < -0.3 is 19.3 Å². The number of rotatable bonds is 3. The van der Waals surface area contributed by atoms with Crippen molar-refractivity contribution in [3.63, 3.8) is 0 Å². The van der Waals surface area contributed by atoms with Gasteiger partial charge in [0.25, 0.3) is 5.91 Å². The van der Waals surface area contributed by atoms with Crippen molar-refractivity contribution in [3.05, 3.63) is 46.5 Å². The summed E-state index contributed by atoms with van der Waals surface area (Å²) in [6.45, 7) is 10.3. The van der Waals surface area contributed by atoms with Crippen LogP contribution in [0.2, 0.25) is 0 Å². The Morgan fingerprint density at radius 2 is 2.00 bits per heavy atom. The predicted octanol–water partition coefficient (Wildman–Crippen LogP) is 2.02. The lowest BCUT2D eigenvalue weighted by Crippen LogP contribution is -2.45. The molecule has 0 spiro atoms. The molecule has 2 fully saturated rings. The van der Waals surface area contributed by atoms with E-state index in [1.54, 1.807) is 18.2 Å². The van der Waals surface area contributed by atoms with Gasteiger partial charge in [-0.15, -0.1) is 0 Å². The minimum Gasteiger partial charge on any atom is -0.508 e. The molecule has 7 heteroatoms. The van der Waals surface area contributed by atoms with Gasteiger partial charge in [0.05, 0.1) is 31.5 Å². The van der Waals surface area contributed by atoms with Gasteiger partial charge in [0, 0.05) is 43.9 Å². The van der Waals surface area contributed by atoms with E-state index in [9.17, 15) is 9.90 Å². The van der Waals surface area contributed by atoms with Crippen LogP contribution in [0.25, 0.3) is 0 Å². The van der Waals surface area contributed by atoms with Crippen LogP contribution in [-0.4, -0.2) is 69.3 Å². The van der Waals surface area contributed by atoms with Crippen LogP contribution in [-0.2, 0) is 18.3 Å². The maximum absolute atomic E-state index is 13.3. The molecule has 2 aromatic rings. The van der Waals surface area contributed by atoms with E-state index < -0.39 is 0 Å². The van der Waals surface area contributed by atoms with Crippen molar-refractivity contribution < 1.29 is 14.6 Å². The molecule has 2 aliphatic rings. The molecular formula is C22H30N4O3. The van der Waals surface area contributed by atoms with Gasteiger partial charge in [-0.05, 0) is 44.5 Å². The molecule has 2 aliphatic heterocycles. The number of fused-ring (bicyclic) bond motifs is 3. The Kier molecular flexibility index (Phi) is 5.36. The summed E-state index contributed by atoms with van der Waals surface area (Å²) in [5.41, 5.74) is 3.71. The largest absolute Gasteiger partial charge is 0.508 e. The Morgan fingerprint density at radius 1 is 1.21 bits per heavy atom. The van der Waals surface area contributed by atoms with Crippen LogP contribution in [0.4, 0.5) is 0 Å². The number of imidazole rings is 1. The van der Waals surface area contributed by atoms with Crippen molar-refractivity contribution in [1.29, 1.82) is 0 Å². The maximum Gasteiger partial charge on any atom is 0.254 e. The summed E-state index contributed by atoms with van der Waals surface area (Å²) in [6.07, 6.45) is 0. The molecular weight excluding hydrogens is 368 g/mol. The fraction of sp³-hybridized carbons (Fsp3) is 0.545. The molecule has 2 atom stereocenters. The number of hydrogen-bond acceptors (Lipinski definition) is 5. The zero-order chi connectivity index (χ0) is 20.7. The normalized spacial score (nSPS) is 22.6. The fourth-order valence-electron chi connectivity index (χ4n) is 4.46. The minimum absolute atomic E-state index is 0.0323. The Labute approximate surface area is 171 Å². The first-order chi connectivity index (χ1) is 13.8. The summed E-state index contributed by atoms with van der Waals surface area (Å²) in [5.74, 6) is 1.54. The quantitative estimate of drug-likeness (QED) is 0.857. The number of carbonyl (C=O) groups excluding carboxylic acids is 1. The Hall–Kier alpha value is -2.38. The van der Waals surface area contributed by atoms with E-state index in [1.165, 1.54) is 5.69 Å². The summed E-state index contributed by atoms with van der Waals surface area (Å²) >= 11 is 0. The second kappa shape index (κ2) is 7.80. The SMILES string of the molecule is Cc1cc(O)ccc1C(=O)N1C[C@@H]2COC[C@H](C1)N(Cc1nc(C)c(C)n1C)C2. The summed E-state index contributed by atoms with van der Waals surface area (Å²) in [4.78, 5) is 22.4. The molecule has 0 radical (unpaired) electrons. The predicted molar refractivity (Wildman–Crippen MR) is 110 cm³/mol. The number of benzene rings is 1. The van der Waals surface area contributed by atoms with E-state index >= 15 is 0 Å². The van der Waals surface area contributed by atoms with Crippen molar-refractivity contribution in [2.75, 3.05) is 32.8 Å². The van der Waals surface area contributed by atoms with Gasteiger partial charge in [-0.2, -0.15) is 0 Å². The molecule has 156 valence electrons. The average Bonchev–Trinajstić information content (AvgIpc) is 2.84. The first kappa shape index (κ1) is 19.9. The van der Waals surface area contributed by atoms with E-state index in [1.807, 2.05) is 18.7 Å². The Morgan fingerprint density at radius 3 is 2.69 bits per heavy atom. The zero-order valence-electron chi connectivity index (χ0n) is 17.7. The lowest BCUT2D eigenvalue weighted by Gasteiger charge is -2.31. The van der Waals surface area contributed by atoms with Crippen LogP contribution in [0.1, 0.15) is 33.1 Å². The maximum atomic E-state index is 13.3. The monoisotopic (exact) mass is 398 g/mol. The van der Waals surface area contributed by atoms with E-state index in [2.05, 4.69) is 23.4 Å². The third kappa shape index (κ3) is 3.89. The number of amides is 1. The molecule has 0 aliphatic carbocycles. The lowest BCUT2D eigenvalue weighted by molar-refractivity contribution is 0.0402. The summed E-state index contributed by atoms with van der Waals surface area (Å²) in [5, 5.41) is 9.67. The van der Waals surface area contributed by atoms with E-state index in [-0.39, 0.29) is 23.6 Å². The number of nitrogens with zero attached hydrogens (tertiary/aromatic N) is 4. The second-order valence-corrected chi connectivity index (χ2v) is 8.45. The molecule has 1 amide bonds.